The number of nitrogens with one attached hydrogen (secondary N) is 1. The van der Waals surface area contributed by atoms with Gasteiger partial charge in [-0.25, -0.2) is 0 Å². The number of carbonyl (C=O) groups is 2. The number of hydrogen-bond acceptors (Lipinski definition) is 2. The number of amides is 1. The molecule has 1 aliphatic rings. The van der Waals surface area contributed by atoms with E-state index in [2.05, 4.69) is 5.32 Å². The lowest BCUT2D eigenvalue weighted by molar-refractivity contribution is -0.145. The van der Waals surface area contributed by atoms with Crippen LogP contribution in [0.1, 0.15) is 24.5 Å². The topological polar surface area (TPSA) is 66.4 Å². The summed E-state index contributed by atoms with van der Waals surface area (Å²) < 4.78 is 0. The SMILES string of the molecule is CC(=O)NCC1(C(=O)O)C=CC(c2ccccc2C)=CC1. The summed E-state index contributed by atoms with van der Waals surface area (Å²) in [5, 5.41) is 12.1. The largest absolute Gasteiger partial charge is 0.481 e. The van der Waals surface area contributed by atoms with Gasteiger partial charge in [0.1, 0.15) is 5.41 Å². The third-order valence-corrected chi connectivity index (χ3v) is 3.80. The molecular weight excluding hydrogens is 266 g/mol. The molecule has 2 rings (SSSR count). The number of benzene rings is 1. The first kappa shape index (κ1) is 15.0. The van der Waals surface area contributed by atoms with Gasteiger partial charge in [-0.05, 0) is 30.0 Å². The molecule has 4 heteroatoms. The third-order valence-electron chi connectivity index (χ3n) is 3.80. The van der Waals surface area contributed by atoms with Crippen LogP contribution in [0.15, 0.2) is 42.5 Å². The van der Waals surface area contributed by atoms with E-state index in [9.17, 15) is 14.7 Å². The number of carboxylic acid groups (broad SMARTS) is 1. The molecule has 2 N–H and O–H groups in total. The Morgan fingerprint density at radius 1 is 1.33 bits per heavy atom. The molecule has 0 saturated heterocycles. The second-order valence-electron chi connectivity index (χ2n) is 5.38. The van der Waals surface area contributed by atoms with Crippen LogP contribution < -0.4 is 5.32 Å². The Balaban J connectivity index is 2.23. The third kappa shape index (κ3) is 3.21. The van der Waals surface area contributed by atoms with Crippen LogP contribution in [0.25, 0.3) is 5.57 Å². The van der Waals surface area contributed by atoms with Crippen molar-refractivity contribution in [2.24, 2.45) is 5.41 Å². The number of allylic oxidation sites excluding steroid dienone is 3. The summed E-state index contributed by atoms with van der Waals surface area (Å²) in [4.78, 5) is 22.6. The highest BCUT2D eigenvalue weighted by Crippen LogP contribution is 2.34. The van der Waals surface area contributed by atoms with E-state index in [0.717, 1.165) is 16.7 Å². The molecule has 0 heterocycles. The Bertz CT molecular complexity index is 631. The smallest absolute Gasteiger partial charge is 0.315 e. The molecule has 0 radical (unpaired) electrons. The van der Waals surface area contributed by atoms with E-state index in [1.165, 1.54) is 6.92 Å². The lowest BCUT2D eigenvalue weighted by Gasteiger charge is -2.28. The Hall–Kier alpha value is -2.36. The standard InChI is InChI=1S/C17H19NO3/c1-12-5-3-4-6-15(12)14-7-9-17(10-8-14,16(20)21)11-18-13(2)19/h3-9H,10-11H2,1-2H3,(H,18,19)(H,20,21). The molecule has 0 saturated carbocycles. The molecule has 110 valence electrons. The first-order valence-electron chi connectivity index (χ1n) is 6.88. The Morgan fingerprint density at radius 2 is 2.05 bits per heavy atom. The molecular formula is C17H19NO3. The predicted molar refractivity (Wildman–Crippen MR) is 81.7 cm³/mol. The molecule has 0 aromatic heterocycles. The van der Waals surface area contributed by atoms with Gasteiger partial charge in [0, 0.05) is 13.5 Å². The highest BCUT2D eigenvalue weighted by atomic mass is 16.4. The monoisotopic (exact) mass is 285 g/mol. The molecule has 1 amide bonds. The van der Waals surface area contributed by atoms with Crippen LogP contribution in [0.2, 0.25) is 0 Å². The van der Waals surface area contributed by atoms with Crippen LogP contribution in [0.3, 0.4) is 0 Å². The number of hydrogen-bond donors (Lipinski definition) is 2. The minimum Gasteiger partial charge on any atom is -0.481 e. The van der Waals surface area contributed by atoms with Crippen molar-refractivity contribution in [2.45, 2.75) is 20.3 Å². The average Bonchev–Trinajstić information content (AvgIpc) is 2.46. The molecule has 1 aromatic rings. The molecule has 0 spiro atoms. The molecule has 4 nitrogen and oxygen atoms in total. The zero-order valence-corrected chi connectivity index (χ0v) is 12.2. The van der Waals surface area contributed by atoms with E-state index in [1.807, 2.05) is 43.3 Å². The van der Waals surface area contributed by atoms with Crippen molar-refractivity contribution in [1.29, 1.82) is 0 Å². The van der Waals surface area contributed by atoms with Gasteiger partial charge in [0.2, 0.25) is 5.91 Å². The van der Waals surface area contributed by atoms with E-state index in [0.29, 0.717) is 6.42 Å². The number of carbonyl (C=O) groups excluding carboxylic acids is 1. The summed E-state index contributed by atoms with van der Waals surface area (Å²) in [7, 11) is 0. The molecule has 1 atom stereocenters. The summed E-state index contributed by atoms with van der Waals surface area (Å²) in [6.45, 7) is 3.52. The zero-order chi connectivity index (χ0) is 15.5. The van der Waals surface area contributed by atoms with Gasteiger partial charge in [-0.3, -0.25) is 9.59 Å². The van der Waals surface area contributed by atoms with Crippen LogP contribution in [-0.2, 0) is 9.59 Å². The van der Waals surface area contributed by atoms with Crippen LogP contribution in [-0.4, -0.2) is 23.5 Å². The lowest BCUT2D eigenvalue weighted by atomic mass is 9.78. The van der Waals surface area contributed by atoms with Crippen molar-refractivity contribution in [3.63, 3.8) is 0 Å². The fourth-order valence-electron chi connectivity index (χ4n) is 2.42. The van der Waals surface area contributed by atoms with Crippen molar-refractivity contribution < 1.29 is 14.7 Å². The molecule has 21 heavy (non-hydrogen) atoms. The van der Waals surface area contributed by atoms with E-state index >= 15 is 0 Å². The minimum atomic E-state index is -1.06. The lowest BCUT2D eigenvalue weighted by Crippen LogP contribution is -2.41. The Kier molecular flexibility index (Phi) is 4.26. The molecule has 0 aliphatic heterocycles. The maximum Gasteiger partial charge on any atom is 0.315 e. The first-order chi connectivity index (χ1) is 9.94. The number of rotatable bonds is 4. The van der Waals surface area contributed by atoms with Crippen molar-refractivity contribution in [1.82, 2.24) is 5.32 Å². The molecule has 1 aromatic carbocycles. The van der Waals surface area contributed by atoms with Gasteiger partial charge in [-0.1, -0.05) is 42.5 Å². The summed E-state index contributed by atoms with van der Waals surface area (Å²) in [6.07, 6.45) is 5.82. The molecule has 0 bridgehead atoms. The molecule has 1 aliphatic carbocycles. The number of aliphatic carboxylic acids is 1. The van der Waals surface area contributed by atoms with Gasteiger partial charge in [-0.2, -0.15) is 0 Å². The van der Waals surface area contributed by atoms with Crippen molar-refractivity contribution in [3.05, 3.63) is 53.6 Å². The van der Waals surface area contributed by atoms with E-state index in [1.54, 1.807) is 6.08 Å². The van der Waals surface area contributed by atoms with Gasteiger partial charge in [0.15, 0.2) is 0 Å². The second kappa shape index (κ2) is 5.95. The quantitative estimate of drug-likeness (QED) is 0.893. The summed E-state index contributed by atoms with van der Waals surface area (Å²) in [5.74, 6) is -1.15. The fraction of sp³-hybridized carbons (Fsp3) is 0.294. The number of aryl methyl sites for hydroxylation is 1. The fourth-order valence-corrected chi connectivity index (χ4v) is 2.42. The van der Waals surface area contributed by atoms with Gasteiger partial charge in [0.05, 0.1) is 0 Å². The molecule has 0 fully saturated rings. The number of carboxylic acids is 1. The van der Waals surface area contributed by atoms with Crippen molar-refractivity contribution >= 4 is 17.4 Å². The predicted octanol–water partition coefficient (Wildman–Crippen LogP) is 2.55. The minimum absolute atomic E-state index is 0.103. The van der Waals surface area contributed by atoms with E-state index < -0.39 is 11.4 Å². The van der Waals surface area contributed by atoms with Crippen LogP contribution in [0, 0.1) is 12.3 Å². The molecule has 1 unspecified atom stereocenters. The van der Waals surface area contributed by atoms with Crippen LogP contribution >= 0.6 is 0 Å². The zero-order valence-electron chi connectivity index (χ0n) is 12.2. The summed E-state index contributed by atoms with van der Waals surface area (Å²) >= 11 is 0. The van der Waals surface area contributed by atoms with E-state index in [4.69, 9.17) is 0 Å². The average molecular weight is 285 g/mol. The highest BCUT2D eigenvalue weighted by Gasteiger charge is 2.36. The van der Waals surface area contributed by atoms with Crippen molar-refractivity contribution in [3.8, 4) is 0 Å². The maximum absolute atomic E-state index is 11.6. The van der Waals surface area contributed by atoms with Gasteiger partial charge in [0.25, 0.3) is 0 Å². The van der Waals surface area contributed by atoms with Gasteiger partial charge < -0.3 is 10.4 Å². The Morgan fingerprint density at radius 3 is 2.57 bits per heavy atom. The van der Waals surface area contributed by atoms with Gasteiger partial charge >= 0.3 is 5.97 Å². The Labute approximate surface area is 124 Å². The maximum atomic E-state index is 11.6. The van der Waals surface area contributed by atoms with Crippen LogP contribution in [0.5, 0.6) is 0 Å². The summed E-state index contributed by atoms with van der Waals surface area (Å²) in [5.41, 5.74) is 2.22. The second-order valence-corrected chi connectivity index (χ2v) is 5.38. The normalized spacial score (nSPS) is 20.8. The summed E-state index contributed by atoms with van der Waals surface area (Å²) in [6, 6.07) is 7.99. The van der Waals surface area contributed by atoms with Gasteiger partial charge in [-0.15, -0.1) is 0 Å². The van der Waals surface area contributed by atoms with Crippen molar-refractivity contribution in [2.75, 3.05) is 6.54 Å². The highest BCUT2D eigenvalue weighted by molar-refractivity contribution is 5.85. The first-order valence-corrected chi connectivity index (χ1v) is 6.88. The van der Waals surface area contributed by atoms with Crippen LogP contribution in [0.4, 0.5) is 0 Å². The van der Waals surface area contributed by atoms with E-state index in [-0.39, 0.29) is 12.5 Å².